The fraction of sp³-hybridized carbons (Fsp3) is 0.125. The first-order chi connectivity index (χ1) is 11.2. The molecule has 0 radical (unpaired) electrons. The zero-order valence-corrected chi connectivity index (χ0v) is 14.1. The van der Waals surface area contributed by atoms with Gasteiger partial charge in [-0.1, -0.05) is 6.07 Å². The van der Waals surface area contributed by atoms with E-state index in [2.05, 4.69) is 20.8 Å². The molecule has 3 N–H and O–H groups in total. The SMILES string of the molecule is CCOc1ccc(NC(=S)Nc2cc(-c3cccs3)[nH]n2)cc1. The van der Waals surface area contributed by atoms with Crippen molar-refractivity contribution in [2.45, 2.75) is 6.92 Å². The van der Waals surface area contributed by atoms with Crippen LogP contribution in [-0.2, 0) is 0 Å². The predicted molar refractivity (Wildman–Crippen MR) is 99.4 cm³/mol. The molecule has 2 aromatic heterocycles. The van der Waals surface area contributed by atoms with Gasteiger partial charge in [-0.15, -0.1) is 11.3 Å². The molecule has 0 amide bonds. The molecule has 1 aromatic carbocycles. The summed E-state index contributed by atoms with van der Waals surface area (Å²) in [6, 6.07) is 13.6. The van der Waals surface area contributed by atoms with Gasteiger partial charge in [0.1, 0.15) is 5.75 Å². The number of aromatic amines is 1. The van der Waals surface area contributed by atoms with Crippen molar-refractivity contribution in [1.29, 1.82) is 0 Å². The van der Waals surface area contributed by atoms with E-state index in [9.17, 15) is 0 Å². The van der Waals surface area contributed by atoms with Gasteiger partial charge in [0.15, 0.2) is 10.9 Å². The van der Waals surface area contributed by atoms with Gasteiger partial charge < -0.3 is 15.4 Å². The van der Waals surface area contributed by atoms with E-state index in [1.807, 2.05) is 54.8 Å². The Morgan fingerprint density at radius 3 is 2.78 bits per heavy atom. The molecule has 23 heavy (non-hydrogen) atoms. The van der Waals surface area contributed by atoms with E-state index < -0.39 is 0 Å². The molecule has 0 aliphatic heterocycles. The highest BCUT2D eigenvalue weighted by Crippen LogP contribution is 2.24. The molecule has 0 bridgehead atoms. The number of nitrogens with one attached hydrogen (secondary N) is 3. The second kappa shape index (κ2) is 7.26. The van der Waals surface area contributed by atoms with Crippen LogP contribution in [0, 0.1) is 0 Å². The van der Waals surface area contributed by atoms with E-state index in [1.165, 1.54) is 0 Å². The van der Waals surface area contributed by atoms with Crippen LogP contribution in [0.5, 0.6) is 5.75 Å². The van der Waals surface area contributed by atoms with Crippen molar-refractivity contribution in [2.75, 3.05) is 17.2 Å². The Bertz CT molecular complexity index is 766. The number of hydrogen-bond donors (Lipinski definition) is 3. The van der Waals surface area contributed by atoms with Gasteiger partial charge in [0.05, 0.1) is 17.2 Å². The van der Waals surface area contributed by atoms with Crippen LogP contribution in [0.2, 0.25) is 0 Å². The van der Waals surface area contributed by atoms with Gasteiger partial charge in [0, 0.05) is 11.8 Å². The molecule has 0 saturated heterocycles. The van der Waals surface area contributed by atoms with E-state index in [0.29, 0.717) is 17.5 Å². The number of ether oxygens (including phenoxy) is 1. The Labute approximate surface area is 143 Å². The minimum atomic E-state index is 0.485. The largest absolute Gasteiger partial charge is 0.494 e. The van der Waals surface area contributed by atoms with Crippen LogP contribution in [0.15, 0.2) is 47.8 Å². The molecule has 118 valence electrons. The molecule has 3 rings (SSSR count). The summed E-state index contributed by atoms with van der Waals surface area (Å²) in [7, 11) is 0. The standard InChI is InChI=1S/C16H16N4OS2/c1-2-21-12-7-5-11(6-8-12)17-16(22)18-15-10-13(19-20-15)14-4-3-9-23-14/h3-10H,2H2,1H3,(H3,17,18,19,20,22). The van der Waals surface area contributed by atoms with E-state index in [1.54, 1.807) is 11.3 Å². The topological polar surface area (TPSA) is 62.0 Å². The molecule has 3 aromatic rings. The number of hydrogen-bond acceptors (Lipinski definition) is 4. The fourth-order valence-electron chi connectivity index (χ4n) is 2.02. The van der Waals surface area contributed by atoms with E-state index in [0.717, 1.165) is 22.0 Å². The van der Waals surface area contributed by atoms with Crippen LogP contribution < -0.4 is 15.4 Å². The van der Waals surface area contributed by atoms with Gasteiger partial charge in [0.25, 0.3) is 0 Å². The van der Waals surface area contributed by atoms with Gasteiger partial charge in [-0.05, 0) is 54.9 Å². The maximum absolute atomic E-state index is 5.41. The second-order valence-electron chi connectivity index (χ2n) is 4.68. The van der Waals surface area contributed by atoms with Crippen molar-refractivity contribution < 1.29 is 4.74 Å². The molecule has 2 heterocycles. The highest BCUT2D eigenvalue weighted by Gasteiger charge is 2.06. The summed E-state index contributed by atoms with van der Waals surface area (Å²) in [6.45, 7) is 2.61. The Morgan fingerprint density at radius 2 is 2.09 bits per heavy atom. The first kappa shape index (κ1) is 15.5. The number of aromatic nitrogens is 2. The molecule has 0 aliphatic carbocycles. The third-order valence-electron chi connectivity index (χ3n) is 3.03. The lowest BCUT2D eigenvalue weighted by Crippen LogP contribution is -2.19. The minimum Gasteiger partial charge on any atom is -0.494 e. The van der Waals surface area contributed by atoms with Crippen LogP contribution in [0.25, 0.3) is 10.6 Å². The molecule has 5 nitrogen and oxygen atoms in total. The van der Waals surface area contributed by atoms with Crippen LogP contribution in [0.1, 0.15) is 6.92 Å². The molecule has 0 fully saturated rings. The molecular weight excluding hydrogens is 328 g/mol. The summed E-state index contributed by atoms with van der Waals surface area (Å²) in [5.41, 5.74) is 1.85. The monoisotopic (exact) mass is 344 g/mol. The van der Waals surface area contributed by atoms with Gasteiger partial charge in [-0.25, -0.2) is 0 Å². The van der Waals surface area contributed by atoms with Gasteiger partial charge >= 0.3 is 0 Å². The van der Waals surface area contributed by atoms with Crippen LogP contribution >= 0.6 is 23.6 Å². The molecule has 0 spiro atoms. The average molecular weight is 344 g/mol. The Hall–Kier alpha value is -2.38. The van der Waals surface area contributed by atoms with Crippen molar-refractivity contribution in [3.05, 3.63) is 47.8 Å². The summed E-state index contributed by atoms with van der Waals surface area (Å²) < 4.78 is 5.41. The fourth-order valence-corrected chi connectivity index (χ4v) is 2.94. The maximum Gasteiger partial charge on any atom is 0.176 e. The normalized spacial score (nSPS) is 10.3. The Kier molecular flexibility index (Phi) is 4.89. The van der Waals surface area contributed by atoms with E-state index >= 15 is 0 Å². The highest BCUT2D eigenvalue weighted by atomic mass is 32.1. The average Bonchev–Trinajstić information content (AvgIpc) is 3.20. The number of rotatable bonds is 5. The third-order valence-corrected chi connectivity index (χ3v) is 4.14. The highest BCUT2D eigenvalue weighted by molar-refractivity contribution is 7.80. The molecule has 7 heteroatoms. The first-order valence-electron chi connectivity index (χ1n) is 7.15. The van der Waals surface area contributed by atoms with Crippen LogP contribution in [0.4, 0.5) is 11.5 Å². The van der Waals surface area contributed by atoms with Gasteiger partial charge in [-0.2, -0.15) is 5.10 Å². The number of nitrogens with zero attached hydrogens (tertiary/aromatic N) is 1. The number of benzene rings is 1. The lowest BCUT2D eigenvalue weighted by molar-refractivity contribution is 0.340. The van der Waals surface area contributed by atoms with Gasteiger partial charge in [0.2, 0.25) is 0 Å². The summed E-state index contributed by atoms with van der Waals surface area (Å²) in [4.78, 5) is 1.14. The second-order valence-corrected chi connectivity index (χ2v) is 6.04. The van der Waals surface area contributed by atoms with Crippen molar-refractivity contribution in [3.8, 4) is 16.3 Å². The quantitative estimate of drug-likeness (QED) is 0.601. The molecule has 0 atom stereocenters. The van der Waals surface area contributed by atoms with Crippen LogP contribution in [0.3, 0.4) is 0 Å². The third kappa shape index (κ3) is 4.08. The number of thiocarbonyl (C=S) groups is 1. The van der Waals surface area contributed by atoms with E-state index in [4.69, 9.17) is 17.0 Å². The van der Waals surface area contributed by atoms with Crippen molar-refractivity contribution in [3.63, 3.8) is 0 Å². The zero-order valence-electron chi connectivity index (χ0n) is 12.5. The first-order valence-corrected chi connectivity index (χ1v) is 8.43. The lowest BCUT2D eigenvalue weighted by Gasteiger charge is -2.09. The number of anilines is 2. The van der Waals surface area contributed by atoms with Gasteiger partial charge in [-0.3, -0.25) is 5.10 Å². The van der Waals surface area contributed by atoms with E-state index in [-0.39, 0.29) is 0 Å². The molecule has 0 unspecified atom stereocenters. The summed E-state index contributed by atoms with van der Waals surface area (Å²) in [5.74, 6) is 1.52. The van der Waals surface area contributed by atoms with Crippen molar-refractivity contribution >= 4 is 40.2 Å². The summed E-state index contributed by atoms with van der Waals surface area (Å²) in [5, 5.41) is 15.9. The molecular formula is C16H16N4OS2. The maximum atomic E-state index is 5.41. The zero-order chi connectivity index (χ0) is 16.1. The summed E-state index contributed by atoms with van der Waals surface area (Å²) in [6.07, 6.45) is 0. The Morgan fingerprint density at radius 1 is 1.26 bits per heavy atom. The lowest BCUT2D eigenvalue weighted by atomic mass is 10.3. The van der Waals surface area contributed by atoms with Crippen molar-refractivity contribution in [1.82, 2.24) is 10.2 Å². The molecule has 0 aliphatic rings. The van der Waals surface area contributed by atoms with Crippen molar-refractivity contribution in [2.24, 2.45) is 0 Å². The number of H-pyrrole nitrogens is 1. The number of thiophene rings is 1. The smallest absolute Gasteiger partial charge is 0.176 e. The Balaban J connectivity index is 1.59. The predicted octanol–water partition coefficient (Wildman–Crippen LogP) is 4.35. The molecule has 0 saturated carbocycles. The minimum absolute atomic E-state index is 0.485. The summed E-state index contributed by atoms with van der Waals surface area (Å²) >= 11 is 6.96. The van der Waals surface area contributed by atoms with Crippen LogP contribution in [-0.4, -0.2) is 21.9 Å².